The van der Waals surface area contributed by atoms with E-state index in [2.05, 4.69) is 66.4 Å². The Kier molecular flexibility index (Phi) is 6.06. The van der Waals surface area contributed by atoms with Gasteiger partial charge in [-0.1, -0.05) is 6.07 Å². The van der Waals surface area contributed by atoms with E-state index in [-0.39, 0.29) is 0 Å². The number of piperazine rings is 1. The van der Waals surface area contributed by atoms with Crippen molar-refractivity contribution in [2.75, 3.05) is 74.4 Å². The van der Waals surface area contributed by atoms with Crippen LogP contribution in [-0.4, -0.2) is 84.1 Å². The average Bonchev–Trinajstić information content (AvgIpc) is 3.64. The van der Waals surface area contributed by atoms with Crippen molar-refractivity contribution < 1.29 is 14.2 Å². The molecule has 2 fully saturated rings. The quantitative estimate of drug-likeness (QED) is 0.399. The van der Waals surface area contributed by atoms with E-state index in [0.29, 0.717) is 18.4 Å². The predicted molar refractivity (Wildman–Crippen MR) is 144 cm³/mol. The average molecular weight is 515 g/mol. The molecule has 2 N–H and O–H groups in total. The van der Waals surface area contributed by atoms with Gasteiger partial charge in [0.25, 0.3) is 0 Å². The van der Waals surface area contributed by atoms with Gasteiger partial charge in [-0.3, -0.25) is 4.90 Å². The molecule has 5 heterocycles. The monoisotopic (exact) mass is 514 g/mol. The second-order valence-electron chi connectivity index (χ2n) is 9.70. The lowest BCUT2D eigenvalue weighted by Gasteiger charge is -2.34. The lowest BCUT2D eigenvalue weighted by atomic mass is 10.1. The molecule has 0 aliphatic carbocycles. The van der Waals surface area contributed by atoms with Gasteiger partial charge in [0.2, 0.25) is 12.7 Å². The van der Waals surface area contributed by atoms with Crippen molar-refractivity contribution in [1.82, 2.24) is 24.8 Å². The molecule has 11 heteroatoms. The third kappa shape index (κ3) is 4.66. The summed E-state index contributed by atoms with van der Waals surface area (Å²) in [5.74, 6) is 3.07. The molecule has 0 radical (unpaired) electrons. The highest BCUT2D eigenvalue weighted by Crippen LogP contribution is 2.33. The van der Waals surface area contributed by atoms with Gasteiger partial charge >= 0.3 is 0 Å². The van der Waals surface area contributed by atoms with Gasteiger partial charge in [0, 0.05) is 57.2 Å². The lowest BCUT2D eigenvalue weighted by Crippen LogP contribution is -2.46. The zero-order valence-corrected chi connectivity index (χ0v) is 21.1. The minimum absolute atomic E-state index is 0.300. The van der Waals surface area contributed by atoms with E-state index in [9.17, 15) is 0 Å². The Hall–Kier alpha value is -4.09. The summed E-state index contributed by atoms with van der Waals surface area (Å²) < 4.78 is 16.4. The van der Waals surface area contributed by atoms with Crippen LogP contribution in [0.15, 0.2) is 48.8 Å². The highest BCUT2D eigenvalue weighted by atomic mass is 16.7. The third-order valence-corrected chi connectivity index (χ3v) is 7.28. The molecule has 196 valence electrons. The van der Waals surface area contributed by atoms with Crippen molar-refractivity contribution in [2.45, 2.75) is 6.54 Å². The minimum Gasteiger partial charge on any atom is -0.454 e. The molecule has 0 unspecified atom stereocenters. The number of aromatic nitrogens is 4. The molecule has 11 nitrogen and oxygen atoms in total. The Labute approximate surface area is 220 Å². The van der Waals surface area contributed by atoms with Gasteiger partial charge in [0.05, 0.1) is 19.5 Å². The fourth-order valence-corrected chi connectivity index (χ4v) is 5.17. The second-order valence-corrected chi connectivity index (χ2v) is 9.70. The number of aromatic amines is 1. The van der Waals surface area contributed by atoms with Crippen molar-refractivity contribution in [3.8, 4) is 11.5 Å². The van der Waals surface area contributed by atoms with E-state index < -0.39 is 0 Å². The number of nitrogens with one attached hydrogen (secondary N) is 2. The Morgan fingerprint density at radius 2 is 1.66 bits per heavy atom. The fourth-order valence-electron chi connectivity index (χ4n) is 5.17. The summed E-state index contributed by atoms with van der Waals surface area (Å²) >= 11 is 0. The summed E-state index contributed by atoms with van der Waals surface area (Å²) in [5.41, 5.74) is 4.85. The number of anilines is 4. The zero-order chi connectivity index (χ0) is 25.3. The van der Waals surface area contributed by atoms with Crippen LogP contribution in [0.1, 0.15) is 5.56 Å². The first kappa shape index (κ1) is 23.1. The number of fused-ring (bicyclic) bond motifs is 2. The minimum atomic E-state index is 0.300. The van der Waals surface area contributed by atoms with Crippen LogP contribution >= 0.6 is 0 Å². The summed E-state index contributed by atoms with van der Waals surface area (Å²) in [7, 11) is 0. The van der Waals surface area contributed by atoms with E-state index in [1.165, 1.54) is 11.3 Å². The van der Waals surface area contributed by atoms with E-state index >= 15 is 0 Å². The molecule has 38 heavy (non-hydrogen) atoms. The molecule has 7 rings (SSSR count). The van der Waals surface area contributed by atoms with E-state index in [4.69, 9.17) is 24.2 Å². The fraction of sp³-hybridized carbons (Fsp3) is 0.370. The summed E-state index contributed by atoms with van der Waals surface area (Å²) in [4.78, 5) is 24.3. The smallest absolute Gasteiger partial charge is 0.231 e. The van der Waals surface area contributed by atoms with Crippen LogP contribution in [0.2, 0.25) is 0 Å². The standard InChI is InChI=1S/C27H30N8O3/c1-6-22-23(38-18-37-22)15-19(1)16-33-7-9-35(10-8-33)27-31-25-24(28-17-29-25)26(32-27)30-20-2-4-21(5-3-20)34-11-13-36-14-12-34/h1-6,15,17H,7-14,16,18H2,(H2,28,29,30,31,32). The molecule has 0 spiro atoms. The molecule has 3 aliphatic rings. The van der Waals surface area contributed by atoms with Crippen molar-refractivity contribution in [3.63, 3.8) is 0 Å². The van der Waals surface area contributed by atoms with Crippen LogP contribution in [0.3, 0.4) is 0 Å². The normalized spacial score (nSPS) is 17.8. The molecule has 0 saturated carbocycles. The van der Waals surface area contributed by atoms with Crippen molar-refractivity contribution in [3.05, 3.63) is 54.4 Å². The summed E-state index contributed by atoms with van der Waals surface area (Å²) in [6, 6.07) is 14.6. The van der Waals surface area contributed by atoms with Gasteiger partial charge in [-0.15, -0.1) is 0 Å². The van der Waals surface area contributed by atoms with Crippen molar-refractivity contribution >= 4 is 34.3 Å². The van der Waals surface area contributed by atoms with Gasteiger partial charge in [-0.05, 0) is 42.0 Å². The van der Waals surface area contributed by atoms with Crippen LogP contribution in [0, 0.1) is 0 Å². The highest BCUT2D eigenvalue weighted by molar-refractivity contribution is 5.86. The summed E-state index contributed by atoms with van der Waals surface area (Å²) in [6.07, 6.45) is 1.67. The first-order valence-electron chi connectivity index (χ1n) is 13.1. The first-order valence-corrected chi connectivity index (χ1v) is 13.1. The Morgan fingerprint density at radius 1 is 0.842 bits per heavy atom. The molecule has 2 aromatic carbocycles. The van der Waals surface area contributed by atoms with E-state index in [1.54, 1.807) is 6.33 Å². The van der Waals surface area contributed by atoms with E-state index in [0.717, 1.165) is 87.5 Å². The number of rotatable bonds is 6. The molecular weight excluding hydrogens is 484 g/mol. The van der Waals surface area contributed by atoms with Crippen molar-refractivity contribution in [1.29, 1.82) is 0 Å². The lowest BCUT2D eigenvalue weighted by molar-refractivity contribution is 0.122. The number of ether oxygens (including phenoxy) is 3. The molecule has 0 atom stereocenters. The number of H-pyrrole nitrogens is 1. The predicted octanol–water partition coefficient (Wildman–Crippen LogP) is 2.98. The molecular formula is C27H30N8O3. The van der Waals surface area contributed by atoms with Gasteiger partial charge in [0.1, 0.15) is 5.52 Å². The van der Waals surface area contributed by atoms with Gasteiger partial charge in [-0.25, -0.2) is 4.98 Å². The van der Waals surface area contributed by atoms with Gasteiger partial charge in [0.15, 0.2) is 23.0 Å². The number of hydrogen-bond acceptors (Lipinski definition) is 10. The maximum atomic E-state index is 5.53. The van der Waals surface area contributed by atoms with Crippen LogP contribution in [0.5, 0.6) is 11.5 Å². The molecule has 0 amide bonds. The van der Waals surface area contributed by atoms with Crippen LogP contribution in [0.25, 0.3) is 11.2 Å². The van der Waals surface area contributed by atoms with Crippen LogP contribution in [0.4, 0.5) is 23.1 Å². The SMILES string of the molecule is c1nc2nc(N3CCN(Cc4ccc5c(c4)OCO5)CC3)nc(Nc3ccc(N4CCOCC4)cc3)c2[nH]1. The Balaban J connectivity index is 1.03. The van der Waals surface area contributed by atoms with Crippen molar-refractivity contribution in [2.24, 2.45) is 0 Å². The second kappa shape index (κ2) is 9.99. The third-order valence-electron chi connectivity index (χ3n) is 7.28. The van der Waals surface area contributed by atoms with Gasteiger partial charge in [-0.2, -0.15) is 9.97 Å². The highest BCUT2D eigenvalue weighted by Gasteiger charge is 2.22. The van der Waals surface area contributed by atoms with E-state index in [1.807, 2.05) is 6.07 Å². The Morgan fingerprint density at radius 3 is 2.50 bits per heavy atom. The van der Waals surface area contributed by atoms with Crippen LogP contribution in [-0.2, 0) is 11.3 Å². The van der Waals surface area contributed by atoms with Gasteiger partial charge < -0.3 is 34.3 Å². The van der Waals surface area contributed by atoms with Crippen LogP contribution < -0.4 is 24.6 Å². The number of morpholine rings is 1. The number of nitrogens with zero attached hydrogens (tertiary/aromatic N) is 6. The summed E-state index contributed by atoms with van der Waals surface area (Å²) in [5, 5.41) is 3.48. The molecule has 0 bridgehead atoms. The Bertz CT molecular complexity index is 1410. The zero-order valence-electron chi connectivity index (χ0n) is 21.1. The molecule has 2 aromatic heterocycles. The maximum Gasteiger partial charge on any atom is 0.231 e. The number of hydrogen-bond donors (Lipinski definition) is 2. The first-order chi connectivity index (χ1) is 18.8. The molecule has 3 aliphatic heterocycles. The summed E-state index contributed by atoms with van der Waals surface area (Å²) in [6.45, 7) is 8.07. The molecule has 2 saturated heterocycles. The topological polar surface area (TPSA) is 104 Å². The molecule has 4 aromatic rings. The largest absolute Gasteiger partial charge is 0.454 e. The maximum absolute atomic E-state index is 5.53. The number of benzene rings is 2. The number of imidazole rings is 1.